The van der Waals surface area contributed by atoms with Gasteiger partial charge < -0.3 is 20.9 Å². The molecule has 18 heteroatoms. The SMILES string of the molecule is CN(C)CCNC(=O)c1cc(C(=O)NCCNCCN2C(=O)c3cccc4cc([N+](=O)[O-])cc(c34)C2=O)cc(N2C(=O)c3cccc4cc([N+](=O)[O-])cc(c34)C2=O)c1. The maximum absolute atomic E-state index is 14.0. The lowest BCUT2D eigenvalue weighted by molar-refractivity contribution is -0.384. The van der Waals surface area contributed by atoms with Crippen LogP contribution in [-0.2, 0) is 0 Å². The van der Waals surface area contributed by atoms with Crippen LogP contribution in [0.25, 0.3) is 21.5 Å². The predicted molar refractivity (Wildman–Crippen MR) is 210 cm³/mol. The van der Waals surface area contributed by atoms with Gasteiger partial charge in [-0.15, -0.1) is 0 Å². The van der Waals surface area contributed by atoms with Crippen LogP contribution in [0, 0.1) is 20.2 Å². The van der Waals surface area contributed by atoms with Gasteiger partial charge in [-0.05, 0) is 55.2 Å². The number of carbonyl (C=O) groups is 6. The average molecular weight is 787 g/mol. The van der Waals surface area contributed by atoms with Gasteiger partial charge in [-0.25, -0.2) is 4.90 Å². The number of benzene rings is 5. The highest BCUT2D eigenvalue weighted by Gasteiger charge is 2.37. The first kappa shape index (κ1) is 38.8. The average Bonchev–Trinajstić information content (AvgIpc) is 3.20. The van der Waals surface area contributed by atoms with Crippen molar-refractivity contribution >= 4 is 74.1 Å². The largest absolute Gasteiger partial charge is 0.351 e. The molecule has 0 aliphatic carbocycles. The molecule has 294 valence electrons. The minimum Gasteiger partial charge on any atom is -0.351 e. The van der Waals surface area contributed by atoms with Gasteiger partial charge in [0, 0.05) is 96.6 Å². The van der Waals surface area contributed by atoms with Crippen LogP contribution in [0.5, 0.6) is 0 Å². The minimum absolute atomic E-state index is 0.0263. The van der Waals surface area contributed by atoms with Gasteiger partial charge in [0.05, 0.1) is 26.7 Å². The fraction of sp³-hybridized carbons (Fsp3) is 0.200. The summed E-state index contributed by atoms with van der Waals surface area (Å²) >= 11 is 0. The third-order valence-corrected chi connectivity index (χ3v) is 9.81. The van der Waals surface area contributed by atoms with E-state index >= 15 is 0 Å². The van der Waals surface area contributed by atoms with Crippen LogP contribution in [0.4, 0.5) is 17.1 Å². The van der Waals surface area contributed by atoms with Crippen molar-refractivity contribution in [1.29, 1.82) is 0 Å². The Hall–Kier alpha value is -7.44. The Morgan fingerprint density at radius 2 is 1.12 bits per heavy atom. The van der Waals surface area contributed by atoms with E-state index in [1.807, 2.05) is 19.0 Å². The molecule has 0 unspecified atom stereocenters. The van der Waals surface area contributed by atoms with Gasteiger partial charge in [-0.3, -0.25) is 53.9 Å². The highest BCUT2D eigenvalue weighted by molar-refractivity contribution is 6.36. The summed E-state index contributed by atoms with van der Waals surface area (Å²) in [6.07, 6.45) is 0. The number of carbonyl (C=O) groups excluding carboxylic acids is 6. The van der Waals surface area contributed by atoms with Crippen molar-refractivity contribution in [3.05, 3.63) is 132 Å². The molecule has 6 amide bonds. The molecule has 18 nitrogen and oxygen atoms in total. The van der Waals surface area contributed by atoms with Gasteiger partial charge >= 0.3 is 0 Å². The van der Waals surface area contributed by atoms with E-state index in [0.717, 1.165) is 21.9 Å². The van der Waals surface area contributed by atoms with E-state index in [1.165, 1.54) is 42.5 Å². The molecule has 5 aromatic carbocycles. The van der Waals surface area contributed by atoms with Crippen LogP contribution in [0.15, 0.2) is 78.9 Å². The number of nitro benzene ring substituents is 2. The summed E-state index contributed by atoms with van der Waals surface area (Å²) in [4.78, 5) is 107. The first-order valence-electron chi connectivity index (χ1n) is 18.0. The van der Waals surface area contributed by atoms with Crippen LogP contribution in [0.2, 0.25) is 0 Å². The monoisotopic (exact) mass is 786 g/mol. The number of rotatable bonds is 14. The fourth-order valence-corrected chi connectivity index (χ4v) is 7.06. The Kier molecular flexibility index (Phi) is 10.4. The van der Waals surface area contributed by atoms with Crippen LogP contribution < -0.4 is 20.9 Å². The summed E-state index contributed by atoms with van der Waals surface area (Å²) in [5.41, 5.74) is -0.509. The van der Waals surface area contributed by atoms with Gasteiger partial charge in [0.25, 0.3) is 46.8 Å². The van der Waals surface area contributed by atoms with Crippen LogP contribution >= 0.6 is 0 Å². The molecule has 58 heavy (non-hydrogen) atoms. The van der Waals surface area contributed by atoms with Gasteiger partial charge in [0.1, 0.15) is 0 Å². The molecule has 0 atom stereocenters. The molecule has 2 aliphatic heterocycles. The molecule has 0 aromatic heterocycles. The Morgan fingerprint density at radius 3 is 1.67 bits per heavy atom. The van der Waals surface area contributed by atoms with Crippen molar-refractivity contribution in [2.45, 2.75) is 0 Å². The normalized spacial score (nSPS) is 13.4. The van der Waals surface area contributed by atoms with Gasteiger partial charge in [-0.2, -0.15) is 0 Å². The standard InChI is InChI=1S/C40H34N8O10/c1-44(2)13-12-43-36(50)25-15-24(18-26(19-25)46-39(53)30-8-4-6-23-17-28(48(57)58)21-32(34(23)30)40(46)54)35(49)42-10-9-41-11-14-45-37(51)29-7-3-5-22-16-27(47(55)56)20-31(33(22)29)38(45)52/h3-8,15-21,41H,9-14H2,1-2H3,(H,42,49)(H,43,50). The van der Waals surface area contributed by atoms with Crippen molar-refractivity contribution in [2.24, 2.45) is 0 Å². The zero-order valence-corrected chi connectivity index (χ0v) is 31.1. The number of anilines is 1. The second-order valence-corrected chi connectivity index (χ2v) is 13.8. The third-order valence-electron chi connectivity index (χ3n) is 9.81. The number of imide groups is 2. The Balaban J connectivity index is 1.06. The number of likely N-dealkylation sites (N-methyl/N-ethyl adjacent to an activating group) is 1. The Labute approximate surface area is 328 Å². The lowest BCUT2D eigenvalue weighted by Gasteiger charge is -2.28. The number of nitrogens with zero attached hydrogens (tertiary/aromatic N) is 5. The van der Waals surface area contributed by atoms with E-state index in [9.17, 15) is 49.0 Å². The van der Waals surface area contributed by atoms with Crippen LogP contribution in [-0.4, -0.2) is 108 Å². The highest BCUT2D eigenvalue weighted by Crippen LogP contribution is 2.37. The second-order valence-electron chi connectivity index (χ2n) is 13.8. The first-order valence-corrected chi connectivity index (χ1v) is 18.0. The number of amides is 6. The number of hydrogen-bond donors (Lipinski definition) is 3. The van der Waals surface area contributed by atoms with Gasteiger partial charge in [-0.1, -0.05) is 24.3 Å². The summed E-state index contributed by atoms with van der Waals surface area (Å²) in [5.74, 6) is -4.07. The van der Waals surface area contributed by atoms with E-state index in [-0.39, 0.29) is 88.6 Å². The van der Waals surface area contributed by atoms with Gasteiger partial charge in [0.2, 0.25) is 0 Å². The van der Waals surface area contributed by atoms with Crippen LogP contribution in [0.1, 0.15) is 62.1 Å². The predicted octanol–water partition coefficient (Wildman–Crippen LogP) is 3.52. The zero-order chi connectivity index (χ0) is 41.4. The quantitative estimate of drug-likeness (QED) is 0.0635. The summed E-state index contributed by atoms with van der Waals surface area (Å²) in [7, 11) is 3.64. The van der Waals surface area contributed by atoms with Crippen molar-refractivity contribution < 1.29 is 38.6 Å². The molecule has 0 radical (unpaired) electrons. The summed E-state index contributed by atoms with van der Waals surface area (Å²) in [6.45, 7) is 0.994. The lowest BCUT2D eigenvalue weighted by Crippen LogP contribution is -2.44. The Morgan fingerprint density at radius 1 is 0.621 bits per heavy atom. The molecule has 0 saturated heterocycles. The molecule has 3 N–H and O–H groups in total. The minimum atomic E-state index is -0.873. The number of nitro groups is 2. The van der Waals surface area contributed by atoms with Gasteiger partial charge in [0.15, 0.2) is 0 Å². The van der Waals surface area contributed by atoms with Crippen molar-refractivity contribution in [3.63, 3.8) is 0 Å². The molecule has 0 saturated carbocycles. The molecule has 0 bridgehead atoms. The van der Waals surface area contributed by atoms with Crippen molar-refractivity contribution in [3.8, 4) is 0 Å². The maximum atomic E-state index is 14.0. The summed E-state index contributed by atoms with van der Waals surface area (Å²) in [6, 6.07) is 18.0. The third kappa shape index (κ3) is 7.19. The van der Waals surface area contributed by atoms with E-state index in [2.05, 4.69) is 16.0 Å². The van der Waals surface area contributed by atoms with Crippen molar-refractivity contribution in [1.82, 2.24) is 25.8 Å². The number of nitrogens with one attached hydrogen (secondary N) is 3. The molecule has 5 aromatic rings. The topological polar surface area (TPSA) is 235 Å². The molecule has 0 spiro atoms. The molecule has 2 heterocycles. The van der Waals surface area contributed by atoms with E-state index < -0.39 is 45.3 Å². The summed E-state index contributed by atoms with van der Waals surface area (Å²) in [5, 5.41) is 33.1. The zero-order valence-electron chi connectivity index (χ0n) is 31.1. The van der Waals surface area contributed by atoms with Crippen LogP contribution in [0.3, 0.4) is 0 Å². The molecular formula is C40H34N8O10. The fourth-order valence-electron chi connectivity index (χ4n) is 7.06. The molecule has 2 aliphatic rings. The lowest BCUT2D eigenvalue weighted by atomic mass is 9.92. The highest BCUT2D eigenvalue weighted by atomic mass is 16.6. The molecular weight excluding hydrogens is 752 g/mol. The number of hydrogen-bond acceptors (Lipinski definition) is 12. The summed E-state index contributed by atoms with van der Waals surface area (Å²) < 4.78 is 0. The second kappa shape index (κ2) is 15.6. The van der Waals surface area contributed by atoms with E-state index in [1.54, 1.807) is 24.3 Å². The Bertz CT molecular complexity index is 2640. The maximum Gasteiger partial charge on any atom is 0.270 e. The smallest absolute Gasteiger partial charge is 0.270 e. The number of non-ortho nitro benzene ring substituents is 2. The molecule has 7 rings (SSSR count). The van der Waals surface area contributed by atoms with E-state index in [4.69, 9.17) is 0 Å². The molecule has 0 fully saturated rings. The van der Waals surface area contributed by atoms with E-state index in [0.29, 0.717) is 22.7 Å². The first-order chi connectivity index (χ1) is 27.7. The van der Waals surface area contributed by atoms with Crippen molar-refractivity contribution in [2.75, 3.05) is 58.3 Å².